The normalized spacial score (nSPS) is 9.22. The first-order valence-electron chi connectivity index (χ1n) is 5.16. The summed E-state index contributed by atoms with van der Waals surface area (Å²) in [6.07, 6.45) is -0.608. The van der Waals surface area contributed by atoms with Crippen molar-refractivity contribution in [2.45, 2.75) is 6.54 Å². The molecule has 3 N–H and O–H groups in total. The topological polar surface area (TPSA) is 71.6 Å². The molecule has 0 aliphatic carbocycles. The van der Waals surface area contributed by atoms with Crippen molar-refractivity contribution in [2.75, 3.05) is 14.2 Å². The largest absolute Gasteiger partial charge is 0.497 e. The van der Waals surface area contributed by atoms with Gasteiger partial charge in [0.25, 0.3) is 0 Å². The van der Waals surface area contributed by atoms with Gasteiger partial charge in [-0.1, -0.05) is 12.1 Å². The molecule has 6 nitrogen and oxygen atoms in total. The molecule has 1 aromatic rings. The van der Waals surface area contributed by atoms with Gasteiger partial charge in [0, 0.05) is 6.54 Å². The summed E-state index contributed by atoms with van der Waals surface area (Å²) in [4.78, 5) is 10.8. The van der Waals surface area contributed by atoms with Crippen molar-refractivity contribution in [3.05, 3.63) is 29.8 Å². The first-order chi connectivity index (χ1) is 8.65. The Morgan fingerprint density at radius 2 is 1.89 bits per heavy atom. The molecule has 0 spiro atoms. The van der Waals surface area contributed by atoms with Crippen LogP contribution in [0.1, 0.15) is 5.56 Å². The van der Waals surface area contributed by atoms with E-state index in [1.807, 2.05) is 24.3 Å². The number of nitrogens with one attached hydrogen (secondary N) is 3. The van der Waals surface area contributed by atoms with Crippen molar-refractivity contribution in [1.82, 2.24) is 16.2 Å². The Morgan fingerprint density at radius 1 is 1.22 bits per heavy atom. The van der Waals surface area contributed by atoms with Crippen molar-refractivity contribution in [3.8, 4) is 5.75 Å². The number of methoxy groups -OCH3 is 2. The number of hydrogen-bond donors (Lipinski definition) is 3. The second kappa shape index (κ2) is 7.33. The van der Waals surface area contributed by atoms with E-state index in [1.54, 1.807) is 7.11 Å². The molecule has 7 heteroatoms. The summed E-state index contributed by atoms with van der Waals surface area (Å²) in [5.74, 6) is 0.798. The molecule has 0 fully saturated rings. The average molecular weight is 269 g/mol. The third-order valence-electron chi connectivity index (χ3n) is 2.08. The van der Waals surface area contributed by atoms with E-state index in [0.29, 0.717) is 11.7 Å². The number of carbonyl (C=O) groups excluding carboxylic acids is 1. The lowest BCUT2D eigenvalue weighted by Crippen LogP contribution is -2.46. The molecule has 0 saturated carbocycles. The van der Waals surface area contributed by atoms with Gasteiger partial charge in [-0.2, -0.15) is 0 Å². The predicted octanol–water partition coefficient (Wildman–Crippen LogP) is 0.930. The van der Waals surface area contributed by atoms with E-state index in [2.05, 4.69) is 20.9 Å². The SMILES string of the molecule is COC(=O)NNC(=S)NCc1ccc(OC)cc1. The van der Waals surface area contributed by atoms with Gasteiger partial charge < -0.3 is 14.8 Å². The molecule has 0 aliphatic rings. The zero-order valence-corrected chi connectivity index (χ0v) is 11.0. The van der Waals surface area contributed by atoms with Gasteiger partial charge in [-0.15, -0.1) is 0 Å². The molecular weight excluding hydrogens is 254 g/mol. The van der Waals surface area contributed by atoms with Crippen LogP contribution in [-0.4, -0.2) is 25.4 Å². The Kier molecular flexibility index (Phi) is 5.72. The monoisotopic (exact) mass is 269 g/mol. The van der Waals surface area contributed by atoms with E-state index in [-0.39, 0.29) is 0 Å². The highest BCUT2D eigenvalue weighted by Gasteiger charge is 2.00. The quantitative estimate of drug-likeness (QED) is 0.560. The molecule has 0 aliphatic heterocycles. The number of amides is 1. The second-order valence-electron chi connectivity index (χ2n) is 3.27. The zero-order valence-electron chi connectivity index (χ0n) is 10.1. The van der Waals surface area contributed by atoms with Crippen molar-refractivity contribution in [1.29, 1.82) is 0 Å². The molecule has 0 bridgehead atoms. The molecule has 1 amide bonds. The van der Waals surface area contributed by atoms with E-state index in [1.165, 1.54) is 7.11 Å². The highest BCUT2D eigenvalue weighted by molar-refractivity contribution is 7.80. The van der Waals surface area contributed by atoms with Crippen LogP contribution in [0.3, 0.4) is 0 Å². The Labute approximate surface area is 111 Å². The summed E-state index contributed by atoms with van der Waals surface area (Å²) in [6, 6.07) is 7.56. The van der Waals surface area contributed by atoms with Gasteiger partial charge in [0.1, 0.15) is 5.75 Å². The van der Waals surface area contributed by atoms with Gasteiger partial charge in [-0.05, 0) is 29.9 Å². The summed E-state index contributed by atoms with van der Waals surface area (Å²) >= 11 is 4.95. The fourth-order valence-electron chi connectivity index (χ4n) is 1.13. The van der Waals surface area contributed by atoms with Gasteiger partial charge in [0.05, 0.1) is 14.2 Å². The lowest BCUT2D eigenvalue weighted by Gasteiger charge is -2.10. The molecule has 1 rings (SSSR count). The molecule has 18 heavy (non-hydrogen) atoms. The van der Waals surface area contributed by atoms with Gasteiger partial charge in [0.15, 0.2) is 5.11 Å². The summed E-state index contributed by atoms with van der Waals surface area (Å²) in [6.45, 7) is 0.540. The Balaban J connectivity index is 2.31. The highest BCUT2D eigenvalue weighted by Crippen LogP contribution is 2.10. The Morgan fingerprint density at radius 3 is 2.44 bits per heavy atom. The number of rotatable bonds is 3. The standard InChI is InChI=1S/C11H15N3O3S/c1-16-9-5-3-8(4-6-9)7-12-10(18)13-14-11(15)17-2/h3-6H,7H2,1-2H3,(H,14,15)(H2,12,13,18). The van der Waals surface area contributed by atoms with E-state index in [0.717, 1.165) is 11.3 Å². The number of hydrogen-bond acceptors (Lipinski definition) is 4. The van der Waals surface area contributed by atoms with Gasteiger partial charge in [0.2, 0.25) is 0 Å². The maximum absolute atomic E-state index is 10.8. The minimum atomic E-state index is -0.608. The number of benzene rings is 1. The minimum absolute atomic E-state index is 0.302. The first-order valence-corrected chi connectivity index (χ1v) is 5.57. The lowest BCUT2D eigenvalue weighted by atomic mass is 10.2. The van der Waals surface area contributed by atoms with Crippen molar-refractivity contribution >= 4 is 23.4 Å². The van der Waals surface area contributed by atoms with Gasteiger partial charge in [-0.3, -0.25) is 5.43 Å². The molecule has 0 heterocycles. The van der Waals surface area contributed by atoms with Crippen LogP contribution in [0.2, 0.25) is 0 Å². The summed E-state index contributed by atoms with van der Waals surface area (Å²) < 4.78 is 9.43. The van der Waals surface area contributed by atoms with Crippen LogP contribution in [0.5, 0.6) is 5.75 Å². The number of carbonyl (C=O) groups is 1. The molecular formula is C11H15N3O3S. The van der Waals surface area contributed by atoms with Crippen LogP contribution in [0.4, 0.5) is 4.79 Å². The third kappa shape index (κ3) is 4.88. The fourth-order valence-corrected chi connectivity index (χ4v) is 1.25. The summed E-state index contributed by atoms with van der Waals surface area (Å²) in [5.41, 5.74) is 5.79. The third-order valence-corrected chi connectivity index (χ3v) is 2.32. The zero-order chi connectivity index (χ0) is 13.4. The number of ether oxygens (including phenoxy) is 2. The smallest absolute Gasteiger partial charge is 0.425 e. The minimum Gasteiger partial charge on any atom is -0.497 e. The van der Waals surface area contributed by atoms with Gasteiger partial charge in [-0.25, -0.2) is 10.2 Å². The summed E-state index contributed by atoms with van der Waals surface area (Å²) in [5, 5.41) is 3.23. The molecule has 0 saturated heterocycles. The lowest BCUT2D eigenvalue weighted by molar-refractivity contribution is 0.168. The van der Waals surface area contributed by atoms with E-state index >= 15 is 0 Å². The summed E-state index contributed by atoms with van der Waals surface area (Å²) in [7, 11) is 2.88. The van der Waals surface area contributed by atoms with Crippen LogP contribution >= 0.6 is 12.2 Å². The molecule has 0 unspecified atom stereocenters. The van der Waals surface area contributed by atoms with E-state index < -0.39 is 6.09 Å². The Bertz CT molecular complexity index is 408. The molecule has 0 aromatic heterocycles. The van der Waals surface area contributed by atoms with Gasteiger partial charge >= 0.3 is 6.09 Å². The predicted molar refractivity (Wildman–Crippen MR) is 71.1 cm³/mol. The van der Waals surface area contributed by atoms with Crippen molar-refractivity contribution < 1.29 is 14.3 Å². The van der Waals surface area contributed by atoms with Crippen LogP contribution in [0, 0.1) is 0 Å². The molecule has 0 atom stereocenters. The maximum Gasteiger partial charge on any atom is 0.425 e. The van der Waals surface area contributed by atoms with Crippen molar-refractivity contribution in [3.63, 3.8) is 0 Å². The van der Waals surface area contributed by atoms with E-state index in [9.17, 15) is 4.79 Å². The average Bonchev–Trinajstić information content (AvgIpc) is 2.42. The fraction of sp³-hybridized carbons (Fsp3) is 0.273. The molecule has 98 valence electrons. The van der Waals surface area contributed by atoms with E-state index in [4.69, 9.17) is 17.0 Å². The highest BCUT2D eigenvalue weighted by atomic mass is 32.1. The first kappa shape index (κ1) is 14.0. The van der Waals surface area contributed by atoms with Crippen LogP contribution < -0.4 is 20.9 Å². The van der Waals surface area contributed by atoms with Crippen LogP contribution in [0.15, 0.2) is 24.3 Å². The molecule has 0 radical (unpaired) electrons. The number of hydrazine groups is 1. The second-order valence-corrected chi connectivity index (χ2v) is 3.68. The molecule has 1 aromatic carbocycles. The Hall–Kier alpha value is -2.02. The maximum atomic E-state index is 10.8. The van der Waals surface area contributed by atoms with Crippen molar-refractivity contribution in [2.24, 2.45) is 0 Å². The van der Waals surface area contributed by atoms with Crippen LogP contribution in [-0.2, 0) is 11.3 Å². The van der Waals surface area contributed by atoms with Crippen LogP contribution in [0.25, 0.3) is 0 Å². The number of thiocarbonyl (C=S) groups is 1.